The Kier molecular flexibility index (Phi) is 2.78. The molecule has 3 rings (SSSR count). The predicted molar refractivity (Wildman–Crippen MR) is 81.6 cm³/mol. The van der Waals surface area contributed by atoms with Crippen LogP contribution in [-0.4, -0.2) is 4.98 Å². The zero-order valence-electron chi connectivity index (χ0n) is 11.6. The molecule has 0 saturated carbocycles. The summed E-state index contributed by atoms with van der Waals surface area (Å²) in [4.78, 5) is 7.11. The SMILES string of the molecule is CC(C)(C)c1csc(N2Cc3ccc(N)cc3C2)n1. The third-order valence-electron chi connectivity index (χ3n) is 3.48. The maximum absolute atomic E-state index is 5.84. The summed E-state index contributed by atoms with van der Waals surface area (Å²) >= 11 is 1.73. The summed E-state index contributed by atoms with van der Waals surface area (Å²) in [5, 5.41) is 3.28. The quantitative estimate of drug-likeness (QED) is 0.808. The normalized spacial score (nSPS) is 14.8. The highest BCUT2D eigenvalue weighted by Crippen LogP contribution is 2.34. The van der Waals surface area contributed by atoms with Crippen LogP contribution >= 0.6 is 11.3 Å². The molecule has 1 aliphatic heterocycles. The van der Waals surface area contributed by atoms with E-state index in [1.54, 1.807) is 11.3 Å². The van der Waals surface area contributed by atoms with Crippen molar-refractivity contribution in [3.05, 3.63) is 40.4 Å². The van der Waals surface area contributed by atoms with Gasteiger partial charge in [-0.15, -0.1) is 11.3 Å². The lowest BCUT2D eigenvalue weighted by molar-refractivity contribution is 0.572. The molecule has 2 aromatic rings. The third-order valence-corrected chi connectivity index (χ3v) is 4.39. The number of aromatic nitrogens is 1. The van der Waals surface area contributed by atoms with Crippen molar-refractivity contribution in [3.63, 3.8) is 0 Å². The number of hydrogen-bond acceptors (Lipinski definition) is 4. The summed E-state index contributed by atoms with van der Waals surface area (Å²) in [7, 11) is 0. The van der Waals surface area contributed by atoms with Crippen molar-refractivity contribution in [1.82, 2.24) is 4.98 Å². The average Bonchev–Trinajstić information content (AvgIpc) is 2.92. The van der Waals surface area contributed by atoms with E-state index in [-0.39, 0.29) is 5.41 Å². The fraction of sp³-hybridized carbons (Fsp3) is 0.400. The summed E-state index contributed by atoms with van der Waals surface area (Å²) in [5.74, 6) is 0. The van der Waals surface area contributed by atoms with Gasteiger partial charge in [-0.25, -0.2) is 4.98 Å². The van der Waals surface area contributed by atoms with Crippen LogP contribution in [0.25, 0.3) is 0 Å². The van der Waals surface area contributed by atoms with E-state index in [0.29, 0.717) is 0 Å². The Morgan fingerprint density at radius 3 is 2.63 bits per heavy atom. The van der Waals surface area contributed by atoms with Crippen molar-refractivity contribution >= 4 is 22.2 Å². The first-order valence-electron chi connectivity index (χ1n) is 6.52. The molecule has 0 unspecified atom stereocenters. The summed E-state index contributed by atoms with van der Waals surface area (Å²) in [6.07, 6.45) is 0. The second-order valence-corrected chi connectivity index (χ2v) is 6.99. The van der Waals surface area contributed by atoms with Gasteiger partial charge in [0, 0.05) is 29.6 Å². The zero-order valence-corrected chi connectivity index (χ0v) is 12.4. The highest BCUT2D eigenvalue weighted by atomic mass is 32.1. The first kappa shape index (κ1) is 12.5. The molecular formula is C15H19N3S. The van der Waals surface area contributed by atoms with Gasteiger partial charge in [0.25, 0.3) is 0 Å². The second-order valence-electron chi connectivity index (χ2n) is 6.15. The molecule has 1 aromatic heterocycles. The number of hydrogen-bond donors (Lipinski definition) is 1. The molecule has 3 nitrogen and oxygen atoms in total. The van der Waals surface area contributed by atoms with Crippen LogP contribution in [0, 0.1) is 0 Å². The molecule has 0 bridgehead atoms. The lowest BCUT2D eigenvalue weighted by Gasteiger charge is -2.16. The molecule has 0 saturated heterocycles. The second kappa shape index (κ2) is 4.23. The van der Waals surface area contributed by atoms with E-state index in [1.165, 1.54) is 16.8 Å². The van der Waals surface area contributed by atoms with Crippen molar-refractivity contribution in [2.24, 2.45) is 0 Å². The molecule has 0 spiro atoms. The standard InChI is InChI=1S/C15H19N3S/c1-15(2,3)13-9-19-14(17-13)18-7-10-4-5-12(16)6-11(10)8-18/h4-6,9H,7-8,16H2,1-3H3. The smallest absolute Gasteiger partial charge is 0.186 e. The molecule has 2 N–H and O–H groups in total. The van der Waals surface area contributed by atoms with Crippen molar-refractivity contribution in [1.29, 1.82) is 0 Å². The molecular weight excluding hydrogens is 254 g/mol. The van der Waals surface area contributed by atoms with Crippen LogP contribution in [0.4, 0.5) is 10.8 Å². The lowest BCUT2D eigenvalue weighted by atomic mass is 9.93. The first-order chi connectivity index (χ1) is 8.93. The van der Waals surface area contributed by atoms with Crippen molar-refractivity contribution < 1.29 is 0 Å². The molecule has 0 radical (unpaired) electrons. The Balaban J connectivity index is 1.85. The fourth-order valence-electron chi connectivity index (χ4n) is 2.30. The number of nitrogen functional groups attached to an aromatic ring is 1. The Morgan fingerprint density at radius 1 is 1.21 bits per heavy atom. The van der Waals surface area contributed by atoms with E-state index in [1.807, 2.05) is 6.07 Å². The molecule has 4 heteroatoms. The molecule has 0 amide bonds. The fourth-order valence-corrected chi connectivity index (χ4v) is 3.36. The van der Waals surface area contributed by atoms with E-state index in [4.69, 9.17) is 10.7 Å². The van der Waals surface area contributed by atoms with Gasteiger partial charge in [-0.3, -0.25) is 0 Å². The van der Waals surface area contributed by atoms with Crippen molar-refractivity contribution in [2.45, 2.75) is 39.3 Å². The molecule has 0 aliphatic carbocycles. The minimum Gasteiger partial charge on any atom is -0.399 e. The number of benzene rings is 1. The number of nitrogens with zero attached hydrogens (tertiary/aromatic N) is 2. The van der Waals surface area contributed by atoms with Crippen LogP contribution in [0.3, 0.4) is 0 Å². The van der Waals surface area contributed by atoms with Gasteiger partial charge in [0.05, 0.1) is 5.69 Å². The summed E-state index contributed by atoms with van der Waals surface area (Å²) < 4.78 is 0. The minimum absolute atomic E-state index is 0.117. The van der Waals surface area contributed by atoms with Gasteiger partial charge in [-0.2, -0.15) is 0 Å². The van der Waals surface area contributed by atoms with E-state index in [2.05, 4.69) is 43.2 Å². The van der Waals surface area contributed by atoms with Crippen LogP contribution in [0.15, 0.2) is 23.6 Å². The van der Waals surface area contributed by atoms with Crippen LogP contribution in [0.5, 0.6) is 0 Å². The topological polar surface area (TPSA) is 42.1 Å². The maximum Gasteiger partial charge on any atom is 0.186 e. The maximum atomic E-state index is 5.84. The van der Waals surface area contributed by atoms with Gasteiger partial charge >= 0.3 is 0 Å². The van der Waals surface area contributed by atoms with E-state index in [9.17, 15) is 0 Å². The Labute approximate surface area is 118 Å². The lowest BCUT2D eigenvalue weighted by Crippen LogP contribution is -2.16. The third kappa shape index (κ3) is 2.32. The molecule has 1 aliphatic rings. The monoisotopic (exact) mass is 273 g/mol. The molecule has 19 heavy (non-hydrogen) atoms. The van der Waals surface area contributed by atoms with Crippen molar-refractivity contribution in [3.8, 4) is 0 Å². The number of rotatable bonds is 1. The van der Waals surface area contributed by atoms with Gasteiger partial charge < -0.3 is 10.6 Å². The van der Waals surface area contributed by atoms with Gasteiger partial charge in [-0.1, -0.05) is 26.8 Å². The molecule has 0 atom stereocenters. The zero-order chi connectivity index (χ0) is 13.6. The summed E-state index contributed by atoms with van der Waals surface area (Å²) in [6.45, 7) is 8.45. The Morgan fingerprint density at radius 2 is 1.95 bits per heavy atom. The van der Waals surface area contributed by atoms with Gasteiger partial charge in [-0.05, 0) is 23.3 Å². The van der Waals surface area contributed by atoms with Gasteiger partial charge in [0.2, 0.25) is 0 Å². The summed E-state index contributed by atoms with van der Waals surface area (Å²) in [5.41, 5.74) is 10.7. The van der Waals surface area contributed by atoms with Crippen LogP contribution in [0.1, 0.15) is 37.6 Å². The highest BCUT2D eigenvalue weighted by Gasteiger charge is 2.24. The summed E-state index contributed by atoms with van der Waals surface area (Å²) in [6, 6.07) is 6.18. The molecule has 100 valence electrons. The first-order valence-corrected chi connectivity index (χ1v) is 7.40. The van der Waals surface area contributed by atoms with Gasteiger partial charge in [0.1, 0.15) is 0 Å². The molecule has 0 fully saturated rings. The van der Waals surface area contributed by atoms with Gasteiger partial charge in [0.15, 0.2) is 5.13 Å². The number of thiazole rings is 1. The van der Waals surface area contributed by atoms with Crippen LogP contribution in [0.2, 0.25) is 0 Å². The number of nitrogens with two attached hydrogens (primary N) is 1. The van der Waals surface area contributed by atoms with E-state index < -0.39 is 0 Å². The Hall–Kier alpha value is -1.55. The van der Waals surface area contributed by atoms with E-state index in [0.717, 1.165) is 23.9 Å². The van der Waals surface area contributed by atoms with Crippen molar-refractivity contribution in [2.75, 3.05) is 10.6 Å². The Bertz CT molecular complexity index is 610. The predicted octanol–water partition coefficient (Wildman–Crippen LogP) is 3.54. The van der Waals surface area contributed by atoms with Crippen LogP contribution in [-0.2, 0) is 18.5 Å². The molecule has 1 aromatic carbocycles. The minimum atomic E-state index is 0.117. The molecule has 2 heterocycles. The number of fused-ring (bicyclic) bond motifs is 1. The van der Waals surface area contributed by atoms with E-state index >= 15 is 0 Å². The largest absolute Gasteiger partial charge is 0.399 e. The van der Waals surface area contributed by atoms with Crippen LogP contribution < -0.4 is 10.6 Å². The number of anilines is 2. The highest BCUT2D eigenvalue weighted by molar-refractivity contribution is 7.13. The average molecular weight is 273 g/mol.